The Morgan fingerprint density at radius 3 is 2.54 bits per heavy atom. The maximum Gasteiger partial charge on any atom is 0.122 e. The molecule has 1 aromatic rings. The van der Waals surface area contributed by atoms with E-state index in [1.807, 2.05) is 18.2 Å². The second-order valence-electron chi connectivity index (χ2n) is 2.78. The van der Waals surface area contributed by atoms with Crippen molar-refractivity contribution in [2.45, 2.75) is 12.8 Å². The molecule has 1 rings (SSSR count). The standard InChI is InChI=1S/C11H15O2/c1-4-5-9-8-10(12-2)6-7-11(9)13-3/h6-8H,1,4-5H2,2-3H3. The van der Waals surface area contributed by atoms with Crippen molar-refractivity contribution >= 4 is 0 Å². The summed E-state index contributed by atoms with van der Waals surface area (Å²) in [6.07, 6.45) is 1.78. The van der Waals surface area contributed by atoms with E-state index in [-0.39, 0.29) is 0 Å². The van der Waals surface area contributed by atoms with Gasteiger partial charge in [0.2, 0.25) is 0 Å². The molecule has 0 aliphatic rings. The summed E-state index contributed by atoms with van der Waals surface area (Å²) in [5, 5.41) is 0. The number of ether oxygens (including phenoxy) is 2. The van der Waals surface area contributed by atoms with Crippen molar-refractivity contribution in [1.82, 2.24) is 0 Å². The van der Waals surface area contributed by atoms with Gasteiger partial charge in [0.25, 0.3) is 0 Å². The lowest BCUT2D eigenvalue weighted by Crippen LogP contribution is -1.93. The van der Waals surface area contributed by atoms with Crippen molar-refractivity contribution in [3.63, 3.8) is 0 Å². The van der Waals surface area contributed by atoms with Gasteiger partial charge in [-0.1, -0.05) is 6.92 Å². The molecule has 0 bridgehead atoms. The summed E-state index contributed by atoms with van der Waals surface area (Å²) in [6, 6.07) is 5.80. The Balaban J connectivity index is 2.95. The van der Waals surface area contributed by atoms with E-state index in [0.717, 1.165) is 29.9 Å². The van der Waals surface area contributed by atoms with E-state index in [9.17, 15) is 0 Å². The van der Waals surface area contributed by atoms with Crippen LogP contribution in [-0.4, -0.2) is 14.2 Å². The first kappa shape index (κ1) is 9.90. The van der Waals surface area contributed by atoms with E-state index in [2.05, 4.69) is 6.92 Å². The summed E-state index contributed by atoms with van der Waals surface area (Å²) < 4.78 is 10.3. The largest absolute Gasteiger partial charge is 0.497 e. The highest BCUT2D eigenvalue weighted by Gasteiger charge is 2.02. The summed E-state index contributed by atoms with van der Waals surface area (Å²) in [7, 11) is 3.34. The van der Waals surface area contributed by atoms with Gasteiger partial charge < -0.3 is 9.47 Å². The molecule has 0 aliphatic heterocycles. The SMILES string of the molecule is [CH2]CCc1cc(OC)ccc1OC. The lowest BCUT2D eigenvalue weighted by Gasteiger charge is -2.08. The van der Waals surface area contributed by atoms with Gasteiger partial charge >= 0.3 is 0 Å². The second kappa shape index (κ2) is 4.75. The molecule has 0 N–H and O–H groups in total. The molecule has 0 saturated carbocycles. The number of rotatable bonds is 4. The summed E-state index contributed by atoms with van der Waals surface area (Å²) in [5.74, 6) is 1.77. The highest BCUT2D eigenvalue weighted by Crippen LogP contribution is 2.24. The normalized spacial score (nSPS) is 9.77. The van der Waals surface area contributed by atoms with E-state index in [1.165, 1.54) is 0 Å². The van der Waals surface area contributed by atoms with Crippen molar-refractivity contribution in [1.29, 1.82) is 0 Å². The average Bonchev–Trinajstić information content (AvgIpc) is 2.18. The Hall–Kier alpha value is -1.18. The summed E-state index contributed by atoms with van der Waals surface area (Å²) >= 11 is 0. The Kier molecular flexibility index (Phi) is 3.62. The molecule has 0 spiro atoms. The average molecular weight is 179 g/mol. The smallest absolute Gasteiger partial charge is 0.122 e. The Morgan fingerprint density at radius 1 is 1.23 bits per heavy atom. The molecule has 0 unspecified atom stereocenters. The molecule has 2 heteroatoms. The minimum atomic E-state index is 0.865. The Labute approximate surface area is 79.5 Å². The van der Waals surface area contributed by atoms with Gasteiger partial charge in [0, 0.05) is 0 Å². The zero-order chi connectivity index (χ0) is 9.68. The third-order valence-electron chi connectivity index (χ3n) is 1.93. The molecular weight excluding hydrogens is 164 g/mol. The molecule has 0 saturated heterocycles. The van der Waals surface area contributed by atoms with Crippen LogP contribution in [0.4, 0.5) is 0 Å². The van der Waals surface area contributed by atoms with Gasteiger partial charge in [-0.15, -0.1) is 0 Å². The van der Waals surface area contributed by atoms with E-state index in [1.54, 1.807) is 14.2 Å². The zero-order valence-electron chi connectivity index (χ0n) is 8.17. The number of methoxy groups -OCH3 is 2. The highest BCUT2D eigenvalue weighted by atomic mass is 16.5. The predicted molar refractivity (Wildman–Crippen MR) is 53.2 cm³/mol. The highest BCUT2D eigenvalue weighted by molar-refractivity contribution is 5.40. The Bertz CT molecular complexity index is 269. The van der Waals surface area contributed by atoms with Gasteiger partial charge in [0.05, 0.1) is 14.2 Å². The molecule has 2 nitrogen and oxygen atoms in total. The Morgan fingerprint density at radius 2 is 2.00 bits per heavy atom. The van der Waals surface area contributed by atoms with Crippen LogP contribution in [0.2, 0.25) is 0 Å². The monoisotopic (exact) mass is 179 g/mol. The summed E-state index contributed by atoms with van der Waals surface area (Å²) in [4.78, 5) is 0. The van der Waals surface area contributed by atoms with Crippen LogP contribution in [0.25, 0.3) is 0 Å². The third-order valence-corrected chi connectivity index (χ3v) is 1.93. The first-order valence-electron chi connectivity index (χ1n) is 4.32. The van der Waals surface area contributed by atoms with Crippen LogP contribution in [0.3, 0.4) is 0 Å². The van der Waals surface area contributed by atoms with Crippen LogP contribution in [0.5, 0.6) is 11.5 Å². The molecule has 0 aromatic heterocycles. The van der Waals surface area contributed by atoms with Crippen LogP contribution in [0, 0.1) is 6.92 Å². The lowest BCUT2D eigenvalue weighted by atomic mass is 10.1. The fourth-order valence-corrected chi connectivity index (χ4v) is 1.27. The van der Waals surface area contributed by atoms with E-state index in [0.29, 0.717) is 0 Å². The topological polar surface area (TPSA) is 18.5 Å². The first-order chi connectivity index (χ1) is 6.31. The predicted octanol–water partition coefficient (Wildman–Crippen LogP) is 2.47. The molecule has 0 aliphatic carbocycles. The van der Waals surface area contributed by atoms with Crippen molar-refractivity contribution in [3.8, 4) is 11.5 Å². The first-order valence-corrected chi connectivity index (χ1v) is 4.32. The van der Waals surface area contributed by atoms with Crippen molar-refractivity contribution in [2.75, 3.05) is 14.2 Å². The van der Waals surface area contributed by atoms with Crippen molar-refractivity contribution in [3.05, 3.63) is 30.7 Å². The minimum absolute atomic E-state index is 0.865. The molecule has 0 heterocycles. The summed E-state index contributed by atoms with van der Waals surface area (Å²) in [6.45, 7) is 3.82. The number of hydrogen-bond acceptors (Lipinski definition) is 2. The molecule has 1 radical (unpaired) electrons. The molecule has 0 atom stereocenters. The van der Waals surface area contributed by atoms with Gasteiger partial charge in [0.15, 0.2) is 0 Å². The van der Waals surface area contributed by atoms with E-state index < -0.39 is 0 Å². The number of benzene rings is 1. The fourth-order valence-electron chi connectivity index (χ4n) is 1.27. The number of hydrogen-bond donors (Lipinski definition) is 0. The van der Waals surface area contributed by atoms with Gasteiger partial charge in [-0.2, -0.15) is 0 Å². The van der Waals surface area contributed by atoms with E-state index >= 15 is 0 Å². The maximum absolute atomic E-state index is 5.21. The van der Waals surface area contributed by atoms with Crippen LogP contribution in [0.1, 0.15) is 12.0 Å². The lowest BCUT2D eigenvalue weighted by molar-refractivity contribution is 0.398. The summed E-state index contributed by atoms with van der Waals surface area (Å²) in [5.41, 5.74) is 1.15. The van der Waals surface area contributed by atoms with Crippen molar-refractivity contribution in [2.24, 2.45) is 0 Å². The maximum atomic E-state index is 5.21. The van der Waals surface area contributed by atoms with Gasteiger partial charge in [0.1, 0.15) is 11.5 Å². The quantitative estimate of drug-likeness (QED) is 0.707. The molecule has 1 aromatic carbocycles. The van der Waals surface area contributed by atoms with Gasteiger partial charge in [-0.05, 0) is 36.6 Å². The van der Waals surface area contributed by atoms with Gasteiger partial charge in [-0.25, -0.2) is 0 Å². The fraction of sp³-hybridized carbons (Fsp3) is 0.364. The van der Waals surface area contributed by atoms with Gasteiger partial charge in [-0.3, -0.25) is 0 Å². The minimum Gasteiger partial charge on any atom is -0.497 e. The number of aryl methyl sites for hydroxylation is 1. The second-order valence-corrected chi connectivity index (χ2v) is 2.78. The molecule has 0 amide bonds. The molecule has 0 fully saturated rings. The zero-order valence-corrected chi connectivity index (χ0v) is 8.17. The van der Waals surface area contributed by atoms with Crippen LogP contribution < -0.4 is 9.47 Å². The molecule has 71 valence electrons. The van der Waals surface area contributed by atoms with Crippen LogP contribution >= 0.6 is 0 Å². The van der Waals surface area contributed by atoms with Crippen molar-refractivity contribution < 1.29 is 9.47 Å². The molecular formula is C11H15O2. The molecule has 13 heavy (non-hydrogen) atoms. The third kappa shape index (κ3) is 2.38. The van der Waals surface area contributed by atoms with E-state index in [4.69, 9.17) is 9.47 Å². The van der Waals surface area contributed by atoms with Crippen LogP contribution in [-0.2, 0) is 6.42 Å². The van der Waals surface area contributed by atoms with Crippen LogP contribution in [0.15, 0.2) is 18.2 Å².